The van der Waals surface area contributed by atoms with Crippen LogP contribution in [0.25, 0.3) is 0 Å². The summed E-state index contributed by atoms with van der Waals surface area (Å²) in [5.74, 6) is 9.03. The fraction of sp³-hybridized carbons (Fsp3) is 0.419. The molecule has 5 nitrogen and oxygen atoms in total. The Morgan fingerprint density at radius 2 is 1.67 bits per heavy atom. The van der Waals surface area contributed by atoms with E-state index < -0.39 is 0 Å². The number of benzene rings is 2. The fourth-order valence-electron chi connectivity index (χ4n) is 4.21. The summed E-state index contributed by atoms with van der Waals surface area (Å²) in [4.78, 5) is 15.0. The van der Waals surface area contributed by atoms with E-state index in [4.69, 9.17) is 9.26 Å². The number of nitrogens with zero attached hydrogens (tertiary/aromatic N) is 2. The molecule has 0 amide bonds. The third-order valence-electron chi connectivity index (χ3n) is 6.26. The molecule has 0 unspecified atom stereocenters. The Labute approximate surface area is 214 Å². The molecule has 36 heavy (non-hydrogen) atoms. The van der Waals surface area contributed by atoms with E-state index in [1.165, 1.54) is 13.1 Å². The predicted octanol–water partition coefficient (Wildman–Crippen LogP) is 5.45. The molecule has 0 aliphatic carbocycles. The zero-order valence-corrected chi connectivity index (χ0v) is 21.8. The van der Waals surface area contributed by atoms with Crippen molar-refractivity contribution in [2.45, 2.75) is 52.4 Å². The molecule has 1 fully saturated rings. The van der Waals surface area contributed by atoms with Crippen molar-refractivity contribution in [1.82, 2.24) is 10.1 Å². The molecule has 5 heteroatoms. The van der Waals surface area contributed by atoms with Crippen LogP contribution in [0, 0.1) is 17.8 Å². The molecule has 0 radical (unpaired) electrons. The molecular formula is C31H36N2O3. The van der Waals surface area contributed by atoms with Gasteiger partial charge >= 0.3 is 0 Å². The van der Waals surface area contributed by atoms with Crippen molar-refractivity contribution in [3.05, 3.63) is 82.7 Å². The number of likely N-dealkylation sites (tertiary alicyclic amines) is 1. The SMILES string of the molecule is CC1CN(CCCOc2ccc(C#Cc3ccc(CC(=O)Cc4cc(C(C)(C)C)on4)cc3)cc2)C1. The number of aromatic nitrogens is 1. The van der Waals surface area contributed by atoms with Crippen molar-refractivity contribution >= 4 is 5.78 Å². The summed E-state index contributed by atoms with van der Waals surface area (Å²) in [5, 5.41) is 4.05. The molecule has 0 atom stereocenters. The quantitative estimate of drug-likeness (QED) is 0.299. The number of hydrogen-bond acceptors (Lipinski definition) is 5. The Kier molecular flexibility index (Phi) is 8.28. The first kappa shape index (κ1) is 25.7. The van der Waals surface area contributed by atoms with Crippen molar-refractivity contribution in [2.24, 2.45) is 5.92 Å². The van der Waals surface area contributed by atoms with Gasteiger partial charge in [-0.2, -0.15) is 0 Å². The van der Waals surface area contributed by atoms with Crippen LogP contribution in [-0.2, 0) is 23.1 Å². The van der Waals surface area contributed by atoms with Gasteiger partial charge < -0.3 is 14.2 Å². The van der Waals surface area contributed by atoms with Gasteiger partial charge in [-0.15, -0.1) is 0 Å². The van der Waals surface area contributed by atoms with Crippen LogP contribution in [-0.4, -0.2) is 42.1 Å². The van der Waals surface area contributed by atoms with Gasteiger partial charge in [-0.3, -0.25) is 4.79 Å². The van der Waals surface area contributed by atoms with Crippen molar-refractivity contribution in [1.29, 1.82) is 0 Å². The molecule has 1 aliphatic heterocycles. The number of ether oxygens (including phenoxy) is 1. The fourth-order valence-corrected chi connectivity index (χ4v) is 4.21. The highest BCUT2D eigenvalue weighted by Crippen LogP contribution is 2.23. The van der Waals surface area contributed by atoms with Gasteiger partial charge in [0.1, 0.15) is 17.3 Å². The molecule has 1 aromatic heterocycles. The van der Waals surface area contributed by atoms with Crippen LogP contribution in [0.3, 0.4) is 0 Å². The average molecular weight is 485 g/mol. The van der Waals surface area contributed by atoms with Crippen LogP contribution >= 0.6 is 0 Å². The number of rotatable bonds is 9. The molecule has 0 bridgehead atoms. The first-order valence-electron chi connectivity index (χ1n) is 12.8. The van der Waals surface area contributed by atoms with Gasteiger partial charge in [0.2, 0.25) is 0 Å². The molecule has 1 saturated heterocycles. The van der Waals surface area contributed by atoms with Crippen molar-refractivity contribution in [3.63, 3.8) is 0 Å². The summed E-state index contributed by atoms with van der Waals surface area (Å²) in [6.07, 6.45) is 1.69. The highest BCUT2D eigenvalue weighted by molar-refractivity contribution is 5.82. The summed E-state index contributed by atoms with van der Waals surface area (Å²) < 4.78 is 11.2. The van der Waals surface area contributed by atoms with Crippen LogP contribution in [0.5, 0.6) is 5.75 Å². The standard InChI is InChI=1S/C31H36N2O3/c1-23-21-33(22-23)16-5-17-35-29-14-12-25(13-15-29)7-6-24-8-10-26(11-9-24)18-28(34)19-27-20-30(36-32-27)31(2,3)4/h8-15,20,23H,5,16-19,21-22H2,1-4H3. The topological polar surface area (TPSA) is 55.6 Å². The van der Waals surface area contributed by atoms with Crippen molar-refractivity contribution in [2.75, 3.05) is 26.2 Å². The number of carbonyl (C=O) groups is 1. The Balaban J connectivity index is 1.22. The summed E-state index contributed by atoms with van der Waals surface area (Å²) in [6, 6.07) is 17.6. The first-order chi connectivity index (χ1) is 17.2. The van der Waals surface area contributed by atoms with Crippen LogP contribution in [0.4, 0.5) is 0 Å². The maximum Gasteiger partial charge on any atom is 0.143 e. The number of carbonyl (C=O) groups excluding carboxylic acids is 1. The van der Waals surface area contributed by atoms with Crippen LogP contribution in [0.2, 0.25) is 0 Å². The van der Waals surface area contributed by atoms with Gasteiger partial charge in [0.05, 0.1) is 18.7 Å². The first-order valence-corrected chi connectivity index (χ1v) is 12.8. The Morgan fingerprint density at radius 3 is 2.25 bits per heavy atom. The molecule has 188 valence electrons. The predicted molar refractivity (Wildman–Crippen MR) is 142 cm³/mol. The molecule has 1 aliphatic rings. The second-order valence-corrected chi connectivity index (χ2v) is 10.9. The van der Waals surface area contributed by atoms with E-state index >= 15 is 0 Å². The van der Waals surface area contributed by atoms with Gasteiger partial charge in [-0.1, -0.05) is 56.8 Å². The van der Waals surface area contributed by atoms with E-state index in [9.17, 15) is 4.79 Å². The smallest absolute Gasteiger partial charge is 0.143 e. The third-order valence-corrected chi connectivity index (χ3v) is 6.26. The number of hydrogen-bond donors (Lipinski definition) is 0. The van der Waals surface area contributed by atoms with Crippen molar-refractivity contribution < 1.29 is 14.1 Å². The van der Waals surface area contributed by atoms with Gasteiger partial charge in [-0.25, -0.2) is 0 Å². The van der Waals surface area contributed by atoms with Gasteiger partial charge in [0.15, 0.2) is 0 Å². The lowest BCUT2D eigenvalue weighted by molar-refractivity contribution is -0.117. The van der Waals surface area contributed by atoms with Crippen molar-refractivity contribution in [3.8, 4) is 17.6 Å². The molecule has 2 heterocycles. The van der Waals surface area contributed by atoms with E-state index in [1.807, 2.05) is 54.6 Å². The lowest BCUT2D eigenvalue weighted by Gasteiger charge is -2.37. The van der Waals surface area contributed by atoms with Gasteiger partial charge in [-0.05, 0) is 54.3 Å². The minimum absolute atomic E-state index is 0.111. The molecular weight excluding hydrogens is 448 g/mol. The van der Waals surface area contributed by atoms with E-state index in [-0.39, 0.29) is 17.6 Å². The summed E-state index contributed by atoms with van der Waals surface area (Å²) in [7, 11) is 0. The van der Waals surface area contributed by atoms with E-state index in [0.717, 1.165) is 53.7 Å². The Morgan fingerprint density at radius 1 is 1.03 bits per heavy atom. The lowest BCUT2D eigenvalue weighted by Crippen LogP contribution is -2.45. The monoisotopic (exact) mass is 484 g/mol. The molecule has 0 saturated carbocycles. The number of ketones is 1. The van der Waals surface area contributed by atoms with Gasteiger partial charge in [0.25, 0.3) is 0 Å². The Hall–Kier alpha value is -3.36. The van der Waals surface area contributed by atoms with Crippen LogP contribution < -0.4 is 4.74 Å². The van der Waals surface area contributed by atoms with E-state index in [0.29, 0.717) is 12.1 Å². The number of Topliss-reactive ketones (excluding diaryl/α,β-unsaturated/α-hetero) is 1. The summed E-state index contributed by atoms with van der Waals surface area (Å²) in [5.41, 5.74) is 3.39. The zero-order chi connectivity index (χ0) is 25.5. The second kappa shape index (κ2) is 11.6. The third kappa shape index (κ3) is 7.57. The average Bonchev–Trinajstić information content (AvgIpc) is 3.30. The lowest BCUT2D eigenvalue weighted by atomic mass is 9.93. The summed E-state index contributed by atoms with van der Waals surface area (Å²) in [6.45, 7) is 12.8. The second-order valence-electron chi connectivity index (χ2n) is 10.9. The maximum absolute atomic E-state index is 12.5. The highest BCUT2D eigenvalue weighted by Gasteiger charge is 2.21. The van der Waals surface area contributed by atoms with Gasteiger partial charge in [0, 0.05) is 48.7 Å². The Bertz CT molecular complexity index is 1200. The van der Waals surface area contributed by atoms with Crippen LogP contribution in [0.1, 0.15) is 62.3 Å². The zero-order valence-electron chi connectivity index (χ0n) is 21.8. The highest BCUT2D eigenvalue weighted by atomic mass is 16.5. The minimum Gasteiger partial charge on any atom is -0.494 e. The summed E-state index contributed by atoms with van der Waals surface area (Å²) >= 11 is 0. The van der Waals surface area contributed by atoms with E-state index in [1.54, 1.807) is 0 Å². The minimum atomic E-state index is -0.118. The normalized spacial score (nSPS) is 14.1. The van der Waals surface area contributed by atoms with E-state index in [2.05, 4.69) is 49.6 Å². The molecule has 3 aromatic rings. The molecule has 4 rings (SSSR count). The molecule has 0 spiro atoms. The maximum atomic E-state index is 12.5. The molecule has 2 aromatic carbocycles. The largest absolute Gasteiger partial charge is 0.494 e. The van der Waals surface area contributed by atoms with Crippen LogP contribution in [0.15, 0.2) is 59.1 Å². The molecule has 0 N–H and O–H groups in total.